The second-order valence-corrected chi connectivity index (χ2v) is 5.00. The van der Waals surface area contributed by atoms with Crippen LogP contribution in [0.3, 0.4) is 0 Å². The molecule has 2 aromatic rings. The second-order valence-electron chi connectivity index (χ2n) is 5.00. The van der Waals surface area contributed by atoms with Crippen molar-refractivity contribution >= 4 is 12.1 Å². The van der Waals surface area contributed by atoms with Crippen LogP contribution in [-0.2, 0) is 0 Å². The lowest BCUT2D eigenvalue weighted by Crippen LogP contribution is -2.34. The van der Waals surface area contributed by atoms with Gasteiger partial charge in [-0.05, 0) is 36.4 Å². The molecule has 0 heterocycles. The highest BCUT2D eigenvalue weighted by Gasteiger charge is 1.99. The Hall–Kier alpha value is -3.15. The molecule has 6 heteroatoms. The summed E-state index contributed by atoms with van der Waals surface area (Å²) >= 11 is 0. The second kappa shape index (κ2) is 9.87. The molecule has 0 unspecified atom stereocenters. The Kier molecular flexibility index (Phi) is 7.18. The number of carbonyl (C=O) groups excluding carboxylic acids is 1. The van der Waals surface area contributed by atoms with Crippen molar-refractivity contribution in [2.75, 3.05) is 27.4 Å². The molecule has 0 atom stereocenters. The number of methoxy groups -OCH3 is 2. The first kappa shape index (κ1) is 18.2. The van der Waals surface area contributed by atoms with Gasteiger partial charge in [0.25, 0.3) is 0 Å². The zero-order chi connectivity index (χ0) is 17.9. The van der Waals surface area contributed by atoms with Crippen molar-refractivity contribution < 1.29 is 19.0 Å². The van der Waals surface area contributed by atoms with Crippen molar-refractivity contribution in [1.82, 2.24) is 10.6 Å². The lowest BCUT2D eigenvalue weighted by atomic mass is 10.2. The zero-order valence-electron chi connectivity index (χ0n) is 14.3. The monoisotopic (exact) mass is 342 g/mol. The fraction of sp³-hybridized carbons (Fsp3) is 0.211. The quantitative estimate of drug-likeness (QED) is 0.724. The molecule has 0 fully saturated rings. The maximum Gasteiger partial charge on any atom is 0.318 e. The van der Waals surface area contributed by atoms with Crippen molar-refractivity contribution in [3.8, 4) is 17.2 Å². The fourth-order valence-electron chi connectivity index (χ4n) is 2.07. The van der Waals surface area contributed by atoms with E-state index in [9.17, 15) is 4.79 Å². The first-order valence-corrected chi connectivity index (χ1v) is 7.83. The molecule has 0 aliphatic rings. The minimum atomic E-state index is -0.301. The molecule has 2 rings (SSSR count). The Morgan fingerprint density at radius 2 is 1.72 bits per heavy atom. The fourth-order valence-corrected chi connectivity index (χ4v) is 2.07. The number of rotatable bonds is 8. The molecule has 0 aromatic heterocycles. The highest BCUT2D eigenvalue weighted by atomic mass is 16.5. The van der Waals surface area contributed by atoms with Gasteiger partial charge in [0.2, 0.25) is 0 Å². The molecular weight excluding hydrogens is 320 g/mol. The third-order valence-corrected chi connectivity index (χ3v) is 3.33. The van der Waals surface area contributed by atoms with Gasteiger partial charge in [0.05, 0.1) is 20.8 Å². The van der Waals surface area contributed by atoms with Gasteiger partial charge in [0.1, 0.15) is 23.9 Å². The normalized spacial score (nSPS) is 10.3. The molecule has 2 amide bonds. The molecule has 0 radical (unpaired) electrons. The molecule has 0 saturated heterocycles. The maximum atomic E-state index is 11.7. The lowest BCUT2D eigenvalue weighted by molar-refractivity contribution is 0.239. The molecule has 0 bridgehead atoms. The van der Waals surface area contributed by atoms with Gasteiger partial charge in [-0.25, -0.2) is 4.79 Å². The minimum absolute atomic E-state index is 0.301. The molecule has 0 aliphatic heterocycles. The SMILES string of the molecule is COc1ccc(OCCNC(=O)N/C=C/c2ccccc2OC)cc1. The van der Waals surface area contributed by atoms with Crippen LogP contribution in [0, 0.1) is 0 Å². The Bertz CT molecular complexity index is 699. The van der Waals surface area contributed by atoms with Crippen LogP contribution in [0.15, 0.2) is 54.7 Å². The molecule has 2 N–H and O–H groups in total. The van der Waals surface area contributed by atoms with Crippen molar-refractivity contribution in [3.63, 3.8) is 0 Å². The summed E-state index contributed by atoms with van der Waals surface area (Å²) in [4.78, 5) is 11.7. The van der Waals surface area contributed by atoms with Crippen LogP contribution in [0.25, 0.3) is 6.08 Å². The van der Waals surface area contributed by atoms with E-state index in [4.69, 9.17) is 14.2 Å². The lowest BCUT2D eigenvalue weighted by Gasteiger charge is -2.08. The van der Waals surface area contributed by atoms with Crippen LogP contribution in [-0.4, -0.2) is 33.4 Å². The van der Waals surface area contributed by atoms with Crippen molar-refractivity contribution in [2.24, 2.45) is 0 Å². The zero-order valence-corrected chi connectivity index (χ0v) is 14.3. The van der Waals surface area contributed by atoms with Crippen LogP contribution in [0.2, 0.25) is 0 Å². The van der Waals surface area contributed by atoms with E-state index in [1.807, 2.05) is 48.5 Å². The van der Waals surface area contributed by atoms with Crippen molar-refractivity contribution in [3.05, 3.63) is 60.3 Å². The van der Waals surface area contributed by atoms with Crippen LogP contribution >= 0.6 is 0 Å². The van der Waals surface area contributed by atoms with Gasteiger partial charge in [-0.3, -0.25) is 0 Å². The first-order chi connectivity index (χ1) is 12.2. The summed E-state index contributed by atoms with van der Waals surface area (Å²) in [6, 6.07) is 14.5. The van der Waals surface area contributed by atoms with Gasteiger partial charge in [0.15, 0.2) is 0 Å². The van der Waals surface area contributed by atoms with Gasteiger partial charge in [-0.2, -0.15) is 0 Å². The summed E-state index contributed by atoms with van der Waals surface area (Å²) in [7, 11) is 3.22. The molecule has 0 aliphatic carbocycles. The summed E-state index contributed by atoms with van der Waals surface area (Å²) in [5.41, 5.74) is 0.883. The summed E-state index contributed by atoms with van der Waals surface area (Å²) in [5.74, 6) is 2.24. The third kappa shape index (κ3) is 6.10. The Morgan fingerprint density at radius 1 is 1.00 bits per heavy atom. The number of urea groups is 1. The Morgan fingerprint density at radius 3 is 2.44 bits per heavy atom. The summed E-state index contributed by atoms with van der Waals surface area (Å²) in [6.07, 6.45) is 3.34. The molecule has 132 valence electrons. The summed E-state index contributed by atoms with van der Waals surface area (Å²) in [6.45, 7) is 0.760. The van der Waals surface area contributed by atoms with Crippen LogP contribution in [0.5, 0.6) is 17.2 Å². The number of ether oxygens (including phenoxy) is 3. The first-order valence-electron chi connectivity index (χ1n) is 7.83. The minimum Gasteiger partial charge on any atom is -0.497 e. The number of carbonyl (C=O) groups is 1. The number of hydrogen-bond donors (Lipinski definition) is 2. The van der Waals surface area contributed by atoms with Gasteiger partial charge in [-0.1, -0.05) is 18.2 Å². The van der Waals surface area contributed by atoms with Crippen molar-refractivity contribution in [1.29, 1.82) is 0 Å². The van der Waals surface area contributed by atoms with Crippen LogP contribution < -0.4 is 24.8 Å². The van der Waals surface area contributed by atoms with E-state index in [2.05, 4.69) is 10.6 Å². The van der Waals surface area contributed by atoms with E-state index in [1.165, 1.54) is 0 Å². The number of benzene rings is 2. The van der Waals surface area contributed by atoms with E-state index in [0.717, 1.165) is 22.8 Å². The van der Waals surface area contributed by atoms with Gasteiger partial charge >= 0.3 is 6.03 Å². The van der Waals surface area contributed by atoms with Crippen molar-refractivity contribution in [2.45, 2.75) is 0 Å². The number of hydrogen-bond acceptors (Lipinski definition) is 4. The van der Waals surface area contributed by atoms with E-state index in [-0.39, 0.29) is 6.03 Å². The molecule has 0 spiro atoms. The average molecular weight is 342 g/mol. The maximum absolute atomic E-state index is 11.7. The largest absolute Gasteiger partial charge is 0.497 e. The number of nitrogens with one attached hydrogen (secondary N) is 2. The van der Waals surface area contributed by atoms with E-state index < -0.39 is 0 Å². The summed E-state index contributed by atoms with van der Waals surface area (Å²) < 4.78 is 15.8. The predicted octanol–water partition coefficient (Wildman–Crippen LogP) is 3.05. The standard InChI is InChI=1S/C19H22N2O4/c1-23-16-7-9-17(10-8-16)25-14-13-21-19(22)20-12-11-15-5-3-4-6-18(15)24-2/h3-12H,13-14H2,1-2H3,(H2,20,21,22)/b12-11+. The summed E-state index contributed by atoms with van der Waals surface area (Å²) in [5, 5.41) is 5.35. The Balaban J connectivity index is 1.67. The average Bonchev–Trinajstić information content (AvgIpc) is 2.66. The molecule has 2 aromatic carbocycles. The van der Waals surface area contributed by atoms with Gasteiger partial charge in [-0.15, -0.1) is 0 Å². The van der Waals surface area contributed by atoms with Gasteiger partial charge in [0, 0.05) is 11.8 Å². The molecule has 6 nitrogen and oxygen atoms in total. The topological polar surface area (TPSA) is 68.8 Å². The van der Waals surface area contributed by atoms with E-state index >= 15 is 0 Å². The smallest absolute Gasteiger partial charge is 0.318 e. The molecule has 0 saturated carbocycles. The highest BCUT2D eigenvalue weighted by molar-refractivity contribution is 5.76. The third-order valence-electron chi connectivity index (χ3n) is 3.33. The van der Waals surface area contributed by atoms with Gasteiger partial charge < -0.3 is 24.8 Å². The number of para-hydroxylation sites is 1. The van der Waals surface area contributed by atoms with Crippen LogP contribution in [0.4, 0.5) is 4.79 Å². The van der Waals surface area contributed by atoms with E-state index in [0.29, 0.717) is 13.2 Å². The predicted molar refractivity (Wildman–Crippen MR) is 97.1 cm³/mol. The highest BCUT2D eigenvalue weighted by Crippen LogP contribution is 2.18. The Labute approximate surface area is 147 Å². The van der Waals surface area contributed by atoms with E-state index in [1.54, 1.807) is 26.5 Å². The molecule has 25 heavy (non-hydrogen) atoms. The van der Waals surface area contributed by atoms with Crippen LogP contribution in [0.1, 0.15) is 5.56 Å². The number of amides is 2. The molecular formula is C19H22N2O4.